The van der Waals surface area contributed by atoms with Gasteiger partial charge >= 0.3 is 0 Å². The van der Waals surface area contributed by atoms with Crippen molar-refractivity contribution in [1.82, 2.24) is 20.2 Å². The first kappa shape index (κ1) is 21.2. The van der Waals surface area contributed by atoms with Gasteiger partial charge in [0.05, 0.1) is 21.5 Å². The number of thiophene rings is 1. The van der Waals surface area contributed by atoms with Gasteiger partial charge in [0.1, 0.15) is 11.6 Å². The number of rotatable bonds is 7. The molecule has 168 valence electrons. The highest BCUT2D eigenvalue weighted by molar-refractivity contribution is 7.21. The molecule has 1 aliphatic heterocycles. The van der Waals surface area contributed by atoms with E-state index in [1.165, 1.54) is 5.56 Å². The Hall–Kier alpha value is -2.71. The first-order chi connectivity index (χ1) is 15.7. The maximum atomic E-state index is 13.2. The first-order valence-corrected chi connectivity index (χ1v) is 12.4. The van der Waals surface area contributed by atoms with Crippen molar-refractivity contribution in [3.8, 4) is 0 Å². The van der Waals surface area contributed by atoms with Gasteiger partial charge in [-0.15, -0.1) is 11.3 Å². The third-order valence-corrected chi connectivity index (χ3v) is 7.47. The average molecular weight is 451 g/mol. The maximum Gasteiger partial charge on any atom is 0.264 e. The molecule has 0 aromatic carbocycles. The lowest BCUT2D eigenvalue weighted by Gasteiger charge is -2.29. The van der Waals surface area contributed by atoms with Gasteiger partial charge in [0.25, 0.3) is 5.91 Å². The molecule has 2 aliphatic rings. The van der Waals surface area contributed by atoms with Gasteiger partial charge in [-0.3, -0.25) is 4.79 Å². The standard InChI is InChI=1S/C24H30N6OS/c1-3-29(4-2)24(31)23-22(16-5-6-16)18-13-21(27-15-19(18)32-23)28-20-8-7-17(14-26-20)30-11-9-25-10-12-30/h7-8,13-16,25H,3-6,9-12H2,1-2H3,(H,26,27,28). The van der Waals surface area contributed by atoms with E-state index >= 15 is 0 Å². The minimum absolute atomic E-state index is 0.151. The minimum Gasteiger partial charge on any atom is -0.368 e. The summed E-state index contributed by atoms with van der Waals surface area (Å²) in [6.45, 7) is 9.56. The predicted octanol–water partition coefficient (Wildman–Crippen LogP) is 4.20. The van der Waals surface area contributed by atoms with Crippen LogP contribution >= 0.6 is 11.3 Å². The van der Waals surface area contributed by atoms with Crippen LogP contribution in [0.3, 0.4) is 0 Å². The van der Waals surface area contributed by atoms with Gasteiger partial charge in [0.2, 0.25) is 0 Å². The molecule has 0 radical (unpaired) electrons. The van der Waals surface area contributed by atoms with Gasteiger partial charge < -0.3 is 20.4 Å². The summed E-state index contributed by atoms with van der Waals surface area (Å²) in [5.74, 6) is 2.18. The zero-order valence-electron chi connectivity index (χ0n) is 18.7. The molecule has 2 fully saturated rings. The number of carbonyl (C=O) groups is 1. The van der Waals surface area contributed by atoms with Crippen molar-refractivity contribution < 1.29 is 4.79 Å². The molecule has 0 unspecified atom stereocenters. The minimum atomic E-state index is 0.151. The molecule has 0 atom stereocenters. The Labute approximate surface area is 192 Å². The largest absolute Gasteiger partial charge is 0.368 e. The summed E-state index contributed by atoms with van der Waals surface area (Å²) in [5, 5.41) is 7.88. The second-order valence-corrected chi connectivity index (χ2v) is 9.48. The van der Waals surface area contributed by atoms with Crippen molar-refractivity contribution >= 4 is 44.7 Å². The fourth-order valence-electron chi connectivity index (χ4n) is 4.38. The lowest BCUT2D eigenvalue weighted by molar-refractivity contribution is 0.0777. The third kappa shape index (κ3) is 4.17. The zero-order chi connectivity index (χ0) is 22.1. The monoisotopic (exact) mass is 450 g/mol. The Kier molecular flexibility index (Phi) is 5.97. The molecule has 0 spiro atoms. The molecule has 1 aliphatic carbocycles. The molecule has 1 saturated carbocycles. The number of nitrogens with zero attached hydrogens (tertiary/aromatic N) is 4. The van der Waals surface area contributed by atoms with Crippen LogP contribution in [0, 0.1) is 0 Å². The molecule has 8 heteroatoms. The molecule has 1 amide bonds. The van der Waals surface area contributed by atoms with Crippen LogP contribution in [0.15, 0.2) is 30.6 Å². The van der Waals surface area contributed by atoms with Gasteiger partial charge in [-0.1, -0.05) is 0 Å². The molecule has 1 saturated heterocycles. The third-order valence-electron chi connectivity index (χ3n) is 6.33. The van der Waals surface area contributed by atoms with E-state index in [1.807, 2.05) is 37.2 Å². The lowest BCUT2D eigenvalue weighted by atomic mass is 10.1. The number of fused-ring (bicyclic) bond motifs is 1. The summed E-state index contributed by atoms with van der Waals surface area (Å²) in [6.07, 6.45) is 6.13. The summed E-state index contributed by atoms with van der Waals surface area (Å²) >= 11 is 1.58. The molecular formula is C24H30N6OS. The zero-order valence-corrected chi connectivity index (χ0v) is 19.5. The Morgan fingerprint density at radius 1 is 1.16 bits per heavy atom. The Morgan fingerprint density at radius 3 is 2.56 bits per heavy atom. The summed E-state index contributed by atoms with van der Waals surface area (Å²) in [7, 11) is 0. The van der Waals surface area contributed by atoms with Crippen molar-refractivity contribution in [2.45, 2.75) is 32.6 Å². The highest BCUT2D eigenvalue weighted by atomic mass is 32.1. The first-order valence-electron chi connectivity index (χ1n) is 11.6. The van der Waals surface area contributed by atoms with E-state index < -0.39 is 0 Å². The molecule has 7 nitrogen and oxygen atoms in total. The van der Waals surface area contributed by atoms with E-state index in [4.69, 9.17) is 0 Å². The highest BCUT2D eigenvalue weighted by Gasteiger charge is 2.33. The number of carbonyl (C=O) groups excluding carboxylic acids is 1. The molecule has 2 N–H and O–H groups in total. The van der Waals surface area contributed by atoms with Gasteiger partial charge in [-0.2, -0.15) is 0 Å². The Bertz CT molecular complexity index is 1100. The van der Waals surface area contributed by atoms with E-state index in [9.17, 15) is 4.79 Å². The number of anilines is 3. The van der Waals surface area contributed by atoms with E-state index in [2.05, 4.69) is 37.6 Å². The number of amides is 1. The molecular weight excluding hydrogens is 420 g/mol. The van der Waals surface area contributed by atoms with Crippen LogP contribution in [0.25, 0.3) is 10.1 Å². The topological polar surface area (TPSA) is 73.4 Å². The van der Waals surface area contributed by atoms with Crippen molar-refractivity contribution in [1.29, 1.82) is 0 Å². The normalized spacial score (nSPS) is 16.4. The SMILES string of the molecule is CCN(CC)C(=O)c1sc2cnc(Nc3ccc(N4CCNCC4)cn3)cc2c1C1CC1. The Balaban J connectivity index is 1.41. The van der Waals surface area contributed by atoms with Gasteiger partial charge in [-0.25, -0.2) is 9.97 Å². The highest BCUT2D eigenvalue weighted by Crippen LogP contribution is 2.48. The summed E-state index contributed by atoms with van der Waals surface area (Å²) in [6, 6.07) is 6.21. The Morgan fingerprint density at radius 2 is 1.91 bits per heavy atom. The average Bonchev–Trinajstić information content (AvgIpc) is 3.60. The quantitative estimate of drug-likeness (QED) is 0.562. The predicted molar refractivity (Wildman–Crippen MR) is 131 cm³/mol. The number of hydrogen-bond acceptors (Lipinski definition) is 7. The van der Waals surface area contributed by atoms with Gasteiger partial charge in [0, 0.05) is 50.9 Å². The molecule has 32 heavy (non-hydrogen) atoms. The summed E-state index contributed by atoms with van der Waals surface area (Å²) in [4.78, 5) is 27.5. The summed E-state index contributed by atoms with van der Waals surface area (Å²) in [5.41, 5.74) is 2.36. The summed E-state index contributed by atoms with van der Waals surface area (Å²) < 4.78 is 1.08. The smallest absolute Gasteiger partial charge is 0.264 e. The molecule has 5 rings (SSSR count). The van der Waals surface area contributed by atoms with Crippen LogP contribution in [-0.4, -0.2) is 60.0 Å². The number of aromatic nitrogens is 2. The second-order valence-electron chi connectivity index (χ2n) is 8.43. The van der Waals surface area contributed by atoms with Crippen LogP contribution in [0.4, 0.5) is 17.3 Å². The van der Waals surface area contributed by atoms with Crippen LogP contribution in [-0.2, 0) is 0 Å². The molecule has 3 aromatic heterocycles. The number of piperazine rings is 1. The maximum absolute atomic E-state index is 13.2. The van der Waals surface area contributed by atoms with Gasteiger partial charge in [-0.05, 0) is 56.4 Å². The fraction of sp³-hybridized carbons (Fsp3) is 0.458. The van der Waals surface area contributed by atoms with Crippen LogP contribution in [0.2, 0.25) is 0 Å². The second kappa shape index (κ2) is 9.03. The van der Waals surface area contributed by atoms with Crippen LogP contribution in [0.1, 0.15) is 47.8 Å². The lowest BCUT2D eigenvalue weighted by Crippen LogP contribution is -2.43. The molecule has 4 heterocycles. The van der Waals surface area contributed by atoms with E-state index in [0.717, 1.165) is 84.4 Å². The van der Waals surface area contributed by atoms with Crippen LogP contribution in [0.5, 0.6) is 0 Å². The molecule has 3 aromatic rings. The van der Waals surface area contributed by atoms with Crippen molar-refractivity contribution in [2.75, 3.05) is 49.5 Å². The van der Waals surface area contributed by atoms with Crippen molar-refractivity contribution in [3.63, 3.8) is 0 Å². The number of pyridine rings is 2. The van der Waals surface area contributed by atoms with Crippen LogP contribution < -0.4 is 15.5 Å². The van der Waals surface area contributed by atoms with Crippen molar-refractivity contribution in [2.24, 2.45) is 0 Å². The number of nitrogens with one attached hydrogen (secondary N) is 2. The van der Waals surface area contributed by atoms with E-state index in [-0.39, 0.29) is 5.91 Å². The van der Waals surface area contributed by atoms with Gasteiger partial charge in [0.15, 0.2) is 0 Å². The fourth-order valence-corrected chi connectivity index (χ4v) is 5.59. The molecule has 0 bridgehead atoms. The van der Waals surface area contributed by atoms with E-state index in [1.54, 1.807) is 11.3 Å². The number of hydrogen-bond donors (Lipinski definition) is 2. The van der Waals surface area contributed by atoms with E-state index in [0.29, 0.717) is 5.92 Å². The van der Waals surface area contributed by atoms with Crippen molar-refractivity contribution in [3.05, 3.63) is 41.0 Å².